The zero-order valence-electron chi connectivity index (χ0n) is 12.5. The first kappa shape index (κ1) is 14.1. The highest BCUT2D eigenvalue weighted by Crippen LogP contribution is 2.38. The molecule has 0 bridgehead atoms. The summed E-state index contributed by atoms with van der Waals surface area (Å²) in [6, 6.07) is 1.88. The summed E-state index contributed by atoms with van der Waals surface area (Å²) in [5.74, 6) is 0.774. The van der Waals surface area contributed by atoms with Gasteiger partial charge in [0, 0.05) is 18.4 Å². The van der Waals surface area contributed by atoms with Crippen LogP contribution in [-0.4, -0.2) is 32.3 Å². The topological polar surface area (TPSA) is 59.0 Å². The van der Waals surface area contributed by atoms with Crippen molar-refractivity contribution in [1.29, 1.82) is 0 Å². The first-order valence-corrected chi connectivity index (χ1v) is 7.92. The molecule has 1 fully saturated rings. The van der Waals surface area contributed by atoms with Gasteiger partial charge in [-0.25, -0.2) is 15.0 Å². The van der Waals surface area contributed by atoms with E-state index in [1.54, 1.807) is 11.7 Å². The number of aryl methyl sites for hydroxylation is 2. The Balaban J connectivity index is 1.99. The standard InChI is InChI=1S/C15H18N4OS/c1-10-5-7-16-14(18-10)15(3)6-4-8-19(15)13(20)12-11(2)17-9-21-12/h5,7,9H,4,6,8H2,1-3H3. The highest BCUT2D eigenvalue weighted by Gasteiger charge is 2.44. The van der Waals surface area contributed by atoms with Crippen LogP contribution in [0.25, 0.3) is 0 Å². The largest absolute Gasteiger partial charge is 0.325 e. The summed E-state index contributed by atoms with van der Waals surface area (Å²) in [5.41, 5.74) is 3.01. The summed E-state index contributed by atoms with van der Waals surface area (Å²) in [6.07, 6.45) is 3.62. The van der Waals surface area contributed by atoms with E-state index in [4.69, 9.17) is 0 Å². The molecule has 1 aliphatic heterocycles. The molecular weight excluding hydrogens is 284 g/mol. The van der Waals surface area contributed by atoms with Crippen molar-refractivity contribution in [3.63, 3.8) is 0 Å². The molecule has 2 aromatic rings. The van der Waals surface area contributed by atoms with Crippen molar-refractivity contribution < 1.29 is 4.79 Å². The number of rotatable bonds is 2. The summed E-state index contributed by atoms with van der Waals surface area (Å²) in [6.45, 7) is 6.62. The van der Waals surface area contributed by atoms with Crippen molar-refractivity contribution in [3.05, 3.63) is 39.9 Å². The summed E-state index contributed by atoms with van der Waals surface area (Å²) in [4.78, 5) is 28.6. The average Bonchev–Trinajstić information content (AvgIpc) is 3.05. The van der Waals surface area contributed by atoms with Gasteiger partial charge in [-0.2, -0.15) is 0 Å². The van der Waals surface area contributed by atoms with Gasteiger partial charge in [-0.15, -0.1) is 11.3 Å². The van der Waals surface area contributed by atoms with Gasteiger partial charge in [0.2, 0.25) is 0 Å². The number of carbonyl (C=O) groups is 1. The number of hydrogen-bond donors (Lipinski definition) is 0. The fourth-order valence-electron chi connectivity index (χ4n) is 2.86. The third kappa shape index (κ3) is 2.33. The van der Waals surface area contributed by atoms with Crippen molar-refractivity contribution in [2.75, 3.05) is 6.54 Å². The maximum atomic E-state index is 12.8. The first-order valence-electron chi connectivity index (χ1n) is 7.04. The molecular formula is C15H18N4OS. The minimum absolute atomic E-state index is 0.0418. The predicted octanol–water partition coefficient (Wildman–Crippen LogP) is 2.70. The summed E-state index contributed by atoms with van der Waals surface area (Å²) >= 11 is 1.40. The lowest BCUT2D eigenvalue weighted by Crippen LogP contribution is -2.44. The van der Waals surface area contributed by atoms with E-state index < -0.39 is 5.54 Å². The van der Waals surface area contributed by atoms with Crippen LogP contribution in [0.5, 0.6) is 0 Å². The van der Waals surface area contributed by atoms with Gasteiger partial charge in [0.05, 0.1) is 11.2 Å². The van der Waals surface area contributed by atoms with Gasteiger partial charge in [-0.05, 0) is 39.7 Å². The van der Waals surface area contributed by atoms with Crippen LogP contribution >= 0.6 is 11.3 Å². The van der Waals surface area contributed by atoms with Crippen molar-refractivity contribution in [3.8, 4) is 0 Å². The molecule has 1 saturated heterocycles. The van der Waals surface area contributed by atoms with E-state index in [1.807, 2.05) is 24.8 Å². The third-order valence-corrected chi connectivity index (χ3v) is 5.02. The number of aromatic nitrogens is 3. The number of carbonyl (C=O) groups excluding carboxylic acids is 1. The Labute approximate surface area is 128 Å². The second-order valence-corrected chi connectivity index (χ2v) is 6.48. The molecule has 0 aromatic carbocycles. The van der Waals surface area contributed by atoms with Crippen molar-refractivity contribution >= 4 is 17.2 Å². The number of hydrogen-bond acceptors (Lipinski definition) is 5. The monoisotopic (exact) mass is 302 g/mol. The van der Waals surface area contributed by atoms with Gasteiger partial charge in [-0.3, -0.25) is 4.79 Å². The van der Waals surface area contributed by atoms with Crippen LogP contribution in [-0.2, 0) is 5.54 Å². The van der Waals surface area contributed by atoms with E-state index in [9.17, 15) is 4.79 Å². The van der Waals surface area contributed by atoms with Crippen LogP contribution in [0.4, 0.5) is 0 Å². The Kier molecular flexibility index (Phi) is 3.49. The normalized spacial score (nSPS) is 21.8. The van der Waals surface area contributed by atoms with Crippen LogP contribution in [0.3, 0.4) is 0 Å². The molecule has 1 unspecified atom stereocenters. The second-order valence-electron chi connectivity index (χ2n) is 5.62. The first-order chi connectivity index (χ1) is 10.0. The Bertz CT molecular complexity index is 684. The molecule has 0 spiro atoms. The molecule has 1 amide bonds. The fraction of sp³-hybridized carbons (Fsp3) is 0.467. The van der Waals surface area contributed by atoms with E-state index in [2.05, 4.69) is 21.9 Å². The van der Waals surface area contributed by atoms with Gasteiger partial charge in [0.15, 0.2) is 5.82 Å². The Hall–Kier alpha value is -1.82. The van der Waals surface area contributed by atoms with Crippen molar-refractivity contribution in [2.24, 2.45) is 0 Å². The van der Waals surface area contributed by atoms with Gasteiger partial charge in [-0.1, -0.05) is 0 Å². The second kappa shape index (κ2) is 5.18. The average molecular weight is 302 g/mol. The third-order valence-electron chi connectivity index (χ3n) is 4.10. The number of amides is 1. The fourth-order valence-corrected chi connectivity index (χ4v) is 3.61. The SMILES string of the molecule is Cc1ccnc(C2(C)CCCN2C(=O)c2scnc2C)n1. The molecule has 1 aliphatic rings. The van der Waals surface area contributed by atoms with E-state index in [0.717, 1.165) is 41.5 Å². The molecule has 3 rings (SSSR count). The van der Waals surface area contributed by atoms with Crippen molar-refractivity contribution in [2.45, 2.75) is 39.2 Å². The molecule has 5 nitrogen and oxygen atoms in total. The van der Waals surface area contributed by atoms with Gasteiger partial charge >= 0.3 is 0 Å². The Morgan fingerprint density at radius 1 is 1.38 bits per heavy atom. The summed E-state index contributed by atoms with van der Waals surface area (Å²) in [5, 5.41) is 0. The van der Waals surface area contributed by atoms with E-state index >= 15 is 0 Å². The van der Waals surface area contributed by atoms with E-state index in [0.29, 0.717) is 0 Å². The molecule has 110 valence electrons. The quantitative estimate of drug-likeness (QED) is 0.856. The Morgan fingerprint density at radius 3 is 2.86 bits per heavy atom. The highest BCUT2D eigenvalue weighted by molar-refractivity contribution is 7.11. The minimum atomic E-state index is -0.431. The minimum Gasteiger partial charge on any atom is -0.325 e. The van der Waals surface area contributed by atoms with Crippen LogP contribution in [0.1, 0.15) is 46.6 Å². The Morgan fingerprint density at radius 2 is 2.19 bits per heavy atom. The number of nitrogens with zero attached hydrogens (tertiary/aromatic N) is 4. The number of likely N-dealkylation sites (tertiary alicyclic amines) is 1. The molecule has 2 aromatic heterocycles. The van der Waals surface area contributed by atoms with Crippen LogP contribution in [0, 0.1) is 13.8 Å². The van der Waals surface area contributed by atoms with E-state index in [1.165, 1.54) is 11.3 Å². The molecule has 0 N–H and O–H groups in total. The molecule has 1 atom stereocenters. The molecule has 0 saturated carbocycles. The molecule has 0 radical (unpaired) electrons. The molecule has 3 heterocycles. The summed E-state index contributed by atoms with van der Waals surface area (Å²) < 4.78 is 0. The lowest BCUT2D eigenvalue weighted by molar-refractivity contribution is 0.0607. The smallest absolute Gasteiger partial charge is 0.266 e. The number of thiazole rings is 1. The summed E-state index contributed by atoms with van der Waals surface area (Å²) in [7, 11) is 0. The molecule has 0 aliphatic carbocycles. The van der Waals surface area contributed by atoms with Gasteiger partial charge in [0.25, 0.3) is 5.91 Å². The lowest BCUT2D eigenvalue weighted by atomic mass is 9.97. The van der Waals surface area contributed by atoms with Gasteiger partial charge in [0.1, 0.15) is 10.4 Å². The van der Waals surface area contributed by atoms with E-state index in [-0.39, 0.29) is 5.91 Å². The lowest BCUT2D eigenvalue weighted by Gasteiger charge is -2.33. The molecule has 21 heavy (non-hydrogen) atoms. The van der Waals surface area contributed by atoms with Crippen LogP contribution < -0.4 is 0 Å². The maximum absolute atomic E-state index is 12.8. The van der Waals surface area contributed by atoms with Gasteiger partial charge < -0.3 is 4.90 Å². The predicted molar refractivity (Wildman–Crippen MR) is 81.2 cm³/mol. The zero-order chi connectivity index (χ0) is 15.0. The highest BCUT2D eigenvalue weighted by atomic mass is 32.1. The zero-order valence-corrected chi connectivity index (χ0v) is 13.3. The maximum Gasteiger partial charge on any atom is 0.266 e. The molecule has 6 heteroatoms. The van der Waals surface area contributed by atoms with Crippen molar-refractivity contribution in [1.82, 2.24) is 19.9 Å². The van der Waals surface area contributed by atoms with Crippen LogP contribution in [0.15, 0.2) is 17.8 Å². The van der Waals surface area contributed by atoms with Crippen LogP contribution in [0.2, 0.25) is 0 Å².